The largest absolute Gasteiger partial charge is 0.493 e. The lowest BCUT2D eigenvalue weighted by Gasteiger charge is -2.17. The van der Waals surface area contributed by atoms with E-state index < -0.39 is 0 Å². The van der Waals surface area contributed by atoms with Crippen LogP contribution in [0.15, 0.2) is 54.6 Å². The summed E-state index contributed by atoms with van der Waals surface area (Å²) >= 11 is 0. The van der Waals surface area contributed by atoms with E-state index in [1.807, 2.05) is 41.3 Å². The van der Waals surface area contributed by atoms with Gasteiger partial charge in [0.1, 0.15) is 0 Å². The van der Waals surface area contributed by atoms with Crippen LogP contribution in [-0.2, 0) is 4.79 Å². The fourth-order valence-electron chi connectivity index (χ4n) is 3.36. The molecule has 0 unspecified atom stereocenters. The van der Waals surface area contributed by atoms with Crippen LogP contribution in [0.3, 0.4) is 0 Å². The zero-order valence-corrected chi connectivity index (χ0v) is 15.7. The van der Waals surface area contributed by atoms with Crippen molar-refractivity contribution < 1.29 is 14.3 Å². The van der Waals surface area contributed by atoms with Crippen LogP contribution in [0.5, 0.6) is 11.5 Å². The molecule has 2 N–H and O–H groups in total. The number of hydrogen-bond acceptors (Lipinski definition) is 4. The van der Waals surface area contributed by atoms with Gasteiger partial charge in [-0.15, -0.1) is 12.4 Å². The molecular formula is C20H25ClN2O3. The summed E-state index contributed by atoms with van der Waals surface area (Å²) in [5.41, 5.74) is 7.18. The predicted octanol–water partition coefficient (Wildman–Crippen LogP) is 2.70. The minimum Gasteiger partial charge on any atom is -0.493 e. The second-order valence-corrected chi connectivity index (χ2v) is 6.25. The minimum atomic E-state index is -0.0252. The number of nitrogens with two attached hydrogens (primary N) is 1. The smallest absolute Gasteiger partial charge is 0.260 e. The summed E-state index contributed by atoms with van der Waals surface area (Å²) in [5.74, 6) is 1.73. The Morgan fingerprint density at radius 3 is 2.38 bits per heavy atom. The summed E-state index contributed by atoms with van der Waals surface area (Å²) in [5, 5.41) is 0. The molecule has 0 bridgehead atoms. The third-order valence-electron chi connectivity index (χ3n) is 4.74. The molecule has 1 fully saturated rings. The number of para-hydroxylation sites is 2. The zero-order valence-electron chi connectivity index (χ0n) is 14.8. The van der Waals surface area contributed by atoms with Crippen LogP contribution in [0.4, 0.5) is 0 Å². The van der Waals surface area contributed by atoms with Gasteiger partial charge in [0, 0.05) is 19.0 Å². The number of rotatable bonds is 6. The standard InChI is InChI=1S/C20H24N2O3.ClH/c1-24-18-9-5-6-10-19(18)25-14-20(23)22-12-16(11-21)17(13-22)15-7-3-2-4-8-15;/h2-10,16-17H,11-14,21H2,1H3;1H/t16-,17+;/m1./s1. The molecule has 2 aromatic carbocycles. The summed E-state index contributed by atoms with van der Waals surface area (Å²) in [6.07, 6.45) is 0. The molecule has 0 radical (unpaired) electrons. The highest BCUT2D eigenvalue weighted by atomic mass is 35.5. The highest BCUT2D eigenvalue weighted by molar-refractivity contribution is 5.85. The average Bonchev–Trinajstić information content (AvgIpc) is 3.11. The van der Waals surface area contributed by atoms with E-state index in [0.717, 1.165) is 0 Å². The van der Waals surface area contributed by atoms with Gasteiger partial charge in [0.25, 0.3) is 5.91 Å². The van der Waals surface area contributed by atoms with Gasteiger partial charge in [-0.1, -0.05) is 42.5 Å². The van der Waals surface area contributed by atoms with Crippen LogP contribution in [0.1, 0.15) is 11.5 Å². The molecule has 6 heteroatoms. The molecule has 0 saturated carbocycles. The number of ether oxygens (including phenoxy) is 2. The molecule has 3 rings (SSSR count). The maximum absolute atomic E-state index is 12.6. The Balaban J connectivity index is 0.00000243. The summed E-state index contributed by atoms with van der Waals surface area (Å²) in [4.78, 5) is 14.4. The molecule has 0 spiro atoms. The molecule has 5 nitrogen and oxygen atoms in total. The Morgan fingerprint density at radius 1 is 1.08 bits per heavy atom. The van der Waals surface area contributed by atoms with Crippen LogP contribution in [0.25, 0.3) is 0 Å². The quantitative estimate of drug-likeness (QED) is 0.841. The van der Waals surface area contributed by atoms with Crippen LogP contribution >= 0.6 is 12.4 Å². The van der Waals surface area contributed by atoms with Crippen molar-refractivity contribution in [3.8, 4) is 11.5 Å². The summed E-state index contributed by atoms with van der Waals surface area (Å²) in [6, 6.07) is 17.6. The third kappa shape index (κ3) is 4.48. The van der Waals surface area contributed by atoms with E-state index in [9.17, 15) is 4.79 Å². The van der Waals surface area contributed by atoms with Crippen LogP contribution in [0.2, 0.25) is 0 Å². The predicted molar refractivity (Wildman–Crippen MR) is 104 cm³/mol. The first-order chi connectivity index (χ1) is 12.2. The first-order valence-corrected chi connectivity index (χ1v) is 8.51. The number of benzene rings is 2. The average molecular weight is 377 g/mol. The Hall–Kier alpha value is -2.24. The normalized spacial score (nSPS) is 18.9. The van der Waals surface area contributed by atoms with Crippen molar-refractivity contribution in [3.05, 3.63) is 60.2 Å². The second kappa shape index (κ2) is 9.46. The van der Waals surface area contributed by atoms with Crippen molar-refractivity contribution in [2.24, 2.45) is 11.7 Å². The molecule has 140 valence electrons. The maximum Gasteiger partial charge on any atom is 0.260 e. The minimum absolute atomic E-state index is 0. The molecular weight excluding hydrogens is 352 g/mol. The number of halogens is 1. The number of likely N-dealkylation sites (tertiary alicyclic amines) is 1. The van der Waals surface area contributed by atoms with Crippen molar-refractivity contribution in [1.29, 1.82) is 0 Å². The van der Waals surface area contributed by atoms with Crippen molar-refractivity contribution in [3.63, 3.8) is 0 Å². The summed E-state index contributed by atoms with van der Waals surface area (Å²) < 4.78 is 10.9. The van der Waals surface area contributed by atoms with Crippen molar-refractivity contribution >= 4 is 18.3 Å². The lowest BCUT2D eigenvalue weighted by Crippen LogP contribution is -2.33. The first-order valence-electron chi connectivity index (χ1n) is 8.51. The maximum atomic E-state index is 12.6. The Kier molecular flexibility index (Phi) is 7.30. The number of carbonyl (C=O) groups excluding carboxylic acids is 1. The van der Waals surface area contributed by atoms with Gasteiger partial charge >= 0.3 is 0 Å². The molecule has 1 aliphatic rings. The van der Waals surface area contributed by atoms with Crippen molar-refractivity contribution in [1.82, 2.24) is 4.90 Å². The van der Waals surface area contributed by atoms with Gasteiger partial charge in [0.15, 0.2) is 18.1 Å². The van der Waals surface area contributed by atoms with Gasteiger partial charge in [0.2, 0.25) is 0 Å². The lowest BCUT2D eigenvalue weighted by atomic mass is 9.89. The summed E-state index contributed by atoms with van der Waals surface area (Å²) in [6.45, 7) is 1.92. The van der Waals surface area contributed by atoms with Crippen molar-refractivity contribution in [2.45, 2.75) is 5.92 Å². The van der Waals surface area contributed by atoms with Gasteiger partial charge in [-0.05, 0) is 30.2 Å². The van der Waals surface area contributed by atoms with E-state index in [2.05, 4.69) is 12.1 Å². The highest BCUT2D eigenvalue weighted by Crippen LogP contribution is 2.32. The lowest BCUT2D eigenvalue weighted by molar-refractivity contribution is -0.132. The van der Waals surface area contributed by atoms with E-state index in [1.165, 1.54) is 5.56 Å². The second-order valence-electron chi connectivity index (χ2n) is 6.25. The molecule has 1 aliphatic heterocycles. The molecule has 2 atom stereocenters. The fraction of sp³-hybridized carbons (Fsp3) is 0.350. The van der Waals surface area contributed by atoms with Crippen LogP contribution in [-0.4, -0.2) is 44.2 Å². The molecule has 1 heterocycles. The number of amides is 1. The van der Waals surface area contributed by atoms with Crippen molar-refractivity contribution in [2.75, 3.05) is 33.4 Å². The SMILES string of the molecule is COc1ccccc1OCC(=O)N1C[C@@H](CN)[C@H](c2ccccc2)C1.Cl. The van der Waals surface area contributed by atoms with Gasteiger partial charge < -0.3 is 20.1 Å². The van der Waals surface area contributed by atoms with Gasteiger partial charge in [-0.3, -0.25) is 4.79 Å². The summed E-state index contributed by atoms with van der Waals surface area (Å²) in [7, 11) is 1.58. The van der Waals surface area contributed by atoms with E-state index in [1.54, 1.807) is 13.2 Å². The molecule has 0 aliphatic carbocycles. The molecule has 1 amide bonds. The zero-order chi connectivity index (χ0) is 17.6. The fourth-order valence-corrected chi connectivity index (χ4v) is 3.36. The molecule has 26 heavy (non-hydrogen) atoms. The van der Waals surface area contributed by atoms with E-state index in [0.29, 0.717) is 31.1 Å². The van der Waals surface area contributed by atoms with Crippen LogP contribution in [0, 0.1) is 5.92 Å². The molecule has 2 aromatic rings. The monoisotopic (exact) mass is 376 g/mol. The van der Waals surface area contributed by atoms with Crippen LogP contribution < -0.4 is 15.2 Å². The van der Waals surface area contributed by atoms with E-state index in [4.69, 9.17) is 15.2 Å². The number of carbonyl (C=O) groups is 1. The Bertz CT molecular complexity index is 711. The number of nitrogens with zero attached hydrogens (tertiary/aromatic N) is 1. The van der Waals surface area contributed by atoms with Gasteiger partial charge in [-0.2, -0.15) is 0 Å². The van der Waals surface area contributed by atoms with Gasteiger partial charge in [0.05, 0.1) is 7.11 Å². The van der Waals surface area contributed by atoms with E-state index >= 15 is 0 Å². The van der Waals surface area contributed by atoms with E-state index in [-0.39, 0.29) is 36.8 Å². The highest BCUT2D eigenvalue weighted by Gasteiger charge is 2.35. The number of hydrogen-bond donors (Lipinski definition) is 1. The topological polar surface area (TPSA) is 64.8 Å². The Labute approximate surface area is 160 Å². The number of methoxy groups -OCH3 is 1. The Morgan fingerprint density at radius 2 is 1.73 bits per heavy atom. The van der Waals surface area contributed by atoms with Gasteiger partial charge in [-0.25, -0.2) is 0 Å². The molecule has 1 saturated heterocycles. The first kappa shape index (κ1) is 20.1. The third-order valence-corrected chi connectivity index (χ3v) is 4.74. The molecule has 0 aromatic heterocycles.